The monoisotopic (exact) mass is 372 g/mol. The van der Waals surface area contributed by atoms with Crippen molar-refractivity contribution in [3.63, 3.8) is 0 Å². The van der Waals surface area contributed by atoms with Crippen molar-refractivity contribution < 1.29 is 14.6 Å². The summed E-state index contributed by atoms with van der Waals surface area (Å²) in [5.74, 6) is 0.920. The Labute approximate surface area is 157 Å². The van der Waals surface area contributed by atoms with Crippen LogP contribution in [0.4, 0.5) is 5.82 Å². The number of nitrogens with one attached hydrogen (secondary N) is 1. The minimum Gasteiger partial charge on any atom is -0.497 e. The molecule has 1 amide bonds. The molecule has 1 aromatic heterocycles. The van der Waals surface area contributed by atoms with Gasteiger partial charge in [-0.15, -0.1) is 0 Å². The number of ether oxygens (including phenoxy) is 1. The Bertz CT molecular complexity index is 848. The lowest BCUT2D eigenvalue weighted by Gasteiger charge is -2.27. The molecule has 8 heteroatoms. The van der Waals surface area contributed by atoms with Crippen LogP contribution in [0.15, 0.2) is 35.3 Å². The molecule has 0 bridgehead atoms. The van der Waals surface area contributed by atoms with Crippen molar-refractivity contribution >= 4 is 11.7 Å². The topological polar surface area (TPSA) is 96.7 Å². The average molecular weight is 372 g/mol. The van der Waals surface area contributed by atoms with Crippen molar-refractivity contribution in [1.82, 2.24) is 14.9 Å². The minimum atomic E-state index is -0.228. The minimum absolute atomic E-state index is 0.0563. The Balaban J connectivity index is 1.93. The highest BCUT2D eigenvalue weighted by atomic mass is 16.5. The number of rotatable bonds is 7. The van der Waals surface area contributed by atoms with E-state index in [1.54, 1.807) is 22.8 Å². The quantitative estimate of drug-likeness (QED) is 0.719. The lowest BCUT2D eigenvalue weighted by molar-refractivity contribution is -0.120. The Kier molecular flexibility index (Phi) is 6.08. The van der Waals surface area contributed by atoms with Gasteiger partial charge >= 0.3 is 0 Å². The van der Waals surface area contributed by atoms with Crippen LogP contribution in [-0.4, -0.2) is 53.9 Å². The van der Waals surface area contributed by atoms with Crippen molar-refractivity contribution in [1.29, 1.82) is 0 Å². The third kappa shape index (κ3) is 4.65. The van der Waals surface area contributed by atoms with E-state index in [0.29, 0.717) is 32.5 Å². The second kappa shape index (κ2) is 8.68. The molecule has 2 heterocycles. The van der Waals surface area contributed by atoms with Crippen LogP contribution < -0.4 is 20.5 Å². The molecule has 8 nitrogen and oxygen atoms in total. The van der Waals surface area contributed by atoms with E-state index < -0.39 is 0 Å². The summed E-state index contributed by atoms with van der Waals surface area (Å²) < 4.78 is 6.78. The van der Waals surface area contributed by atoms with Gasteiger partial charge in [0, 0.05) is 25.9 Å². The number of methoxy groups -OCH3 is 1. The Morgan fingerprint density at radius 2 is 2.04 bits per heavy atom. The third-order valence-electron chi connectivity index (χ3n) is 4.45. The van der Waals surface area contributed by atoms with Crippen LogP contribution in [0.2, 0.25) is 0 Å². The highest BCUT2D eigenvalue weighted by Gasteiger charge is 2.22. The number of nitrogens with zero attached hydrogens (tertiary/aromatic N) is 3. The molecule has 0 saturated carbocycles. The largest absolute Gasteiger partial charge is 0.497 e. The van der Waals surface area contributed by atoms with Crippen molar-refractivity contribution in [3.8, 4) is 5.75 Å². The van der Waals surface area contributed by atoms with E-state index in [9.17, 15) is 9.59 Å². The van der Waals surface area contributed by atoms with Crippen LogP contribution in [0.1, 0.15) is 17.7 Å². The number of aromatic nitrogens is 2. The predicted octanol–water partition coefficient (Wildman–Crippen LogP) is 0.161. The second-order valence-corrected chi connectivity index (χ2v) is 6.44. The molecule has 1 aliphatic heterocycles. The number of benzene rings is 1. The van der Waals surface area contributed by atoms with Gasteiger partial charge in [-0.05, 0) is 30.5 Å². The van der Waals surface area contributed by atoms with Gasteiger partial charge in [-0.25, -0.2) is 4.98 Å². The van der Waals surface area contributed by atoms with E-state index in [1.165, 1.54) is 0 Å². The maximum atomic E-state index is 13.0. The molecule has 0 spiro atoms. The molecule has 0 unspecified atom stereocenters. The molecule has 0 aliphatic carbocycles. The number of carbonyl (C=O) groups excluding carboxylic acids is 1. The van der Waals surface area contributed by atoms with Gasteiger partial charge in [0.2, 0.25) is 5.91 Å². The maximum Gasteiger partial charge on any atom is 0.293 e. The number of aliphatic hydroxyl groups is 1. The smallest absolute Gasteiger partial charge is 0.293 e. The number of aliphatic hydroxyl groups excluding tert-OH is 1. The van der Waals surface area contributed by atoms with Gasteiger partial charge in [0.05, 0.1) is 25.9 Å². The highest BCUT2D eigenvalue weighted by molar-refractivity contribution is 5.82. The second-order valence-electron chi connectivity index (χ2n) is 6.44. The predicted molar refractivity (Wildman–Crippen MR) is 101 cm³/mol. The van der Waals surface area contributed by atoms with E-state index in [1.807, 2.05) is 24.3 Å². The lowest BCUT2D eigenvalue weighted by atomic mass is 10.2. The Hall–Kier alpha value is -2.87. The number of hydrogen-bond acceptors (Lipinski definition) is 6. The molecule has 0 atom stereocenters. The first-order valence-corrected chi connectivity index (χ1v) is 8.96. The van der Waals surface area contributed by atoms with Gasteiger partial charge in [-0.1, -0.05) is 12.1 Å². The molecule has 1 aromatic carbocycles. The standard InChI is InChI=1S/C19H24N4O4/c1-27-16-6-4-14(5-7-16)11-23-12-15(3-2-10-24)21-18(19(23)26)22-9-8-20-17(25)13-22/h4-7,12,24H,2-3,8-11,13H2,1H3,(H,20,25). The number of aryl methyl sites for hydroxylation is 1. The highest BCUT2D eigenvalue weighted by Crippen LogP contribution is 2.14. The lowest BCUT2D eigenvalue weighted by Crippen LogP contribution is -2.50. The molecule has 1 fully saturated rings. The number of carbonyl (C=O) groups is 1. The number of anilines is 1. The summed E-state index contributed by atoms with van der Waals surface area (Å²) >= 11 is 0. The molecule has 27 heavy (non-hydrogen) atoms. The summed E-state index contributed by atoms with van der Waals surface area (Å²) in [5, 5.41) is 11.9. The molecule has 1 saturated heterocycles. The maximum absolute atomic E-state index is 13.0. The van der Waals surface area contributed by atoms with E-state index in [-0.39, 0.29) is 30.4 Å². The molecule has 2 N–H and O–H groups in total. The van der Waals surface area contributed by atoms with E-state index >= 15 is 0 Å². The first-order chi connectivity index (χ1) is 13.1. The van der Waals surface area contributed by atoms with Crippen LogP contribution >= 0.6 is 0 Å². The number of hydrogen-bond donors (Lipinski definition) is 2. The molecule has 3 rings (SSSR count). The molecule has 144 valence electrons. The summed E-state index contributed by atoms with van der Waals surface area (Å²) in [7, 11) is 1.61. The van der Waals surface area contributed by atoms with Crippen LogP contribution in [0.5, 0.6) is 5.75 Å². The normalized spacial score (nSPS) is 14.1. The van der Waals surface area contributed by atoms with Crippen LogP contribution in [0, 0.1) is 0 Å². The van der Waals surface area contributed by atoms with Crippen LogP contribution in [-0.2, 0) is 17.8 Å². The molecule has 0 radical (unpaired) electrons. The van der Waals surface area contributed by atoms with Gasteiger partial charge in [0.15, 0.2) is 5.82 Å². The van der Waals surface area contributed by atoms with Gasteiger partial charge in [0.1, 0.15) is 5.75 Å². The van der Waals surface area contributed by atoms with Crippen molar-refractivity contribution in [2.45, 2.75) is 19.4 Å². The van der Waals surface area contributed by atoms with E-state index in [4.69, 9.17) is 9.84 Å². The van der Waals surface area contributed by atoms with Crippen molar-refractivity contribution in [2.24, 2.45) is 0 Å². The fraction of sp³-hybridized carbons (Fsp3) is 0.421. The van der Waals surface area contributed by atoms with Crippen molar-refractivity contribution in [2.75, 3.05) is 38.3 Å². The summed E-state index contributed by atoms with van der Waals surface area (Å²) in [6.07, 6.45) is 2.86. The fourth-order valence-electron chi connectivity index (χ4n) is 3.03. The van der Waals surface area contributed by atoms with Crippen molar-refractivity contribution in [3.05, 3.63) is 52.1 Å². The summed E-state index contributed by atoms with van der Waals surface area (Å²) in [6.45, 7) is 1.60. The first kappa shape index (κ1) is 18.9. The molecule has 2 aromatic rings. The zero-order chi connectivity index (χ0) is 19.2. The van der Waals surface area contributed by atoms with Gasteiger partial charge in [-0.2, -0.15) is 0 Å². The summed E-state index contributed by atoms with van der Waals surface area (Å²) in [4.78, 5) is 30.9. The SMILES string of the molecule is COc1ccc(Cn2cc(CCCO)nc(N3CCNC(=O)C3)c2=O)cc1. The Morgan fingerprint density at radius 1 is 1.26 bits per heavy atom. The summed E-state index contributed by atoms with van der Waals surface area (Å²) in [5.41, 5.74) is 1.45. The number of amides is 1. The van der Waals surface area contributed by atoms with Crippen LogP contribution in [0.3, 0.4) is 0 Å². The van der Waals surface area contributed by atoms with Gasteiger partial charge in [0.25, 0.3) is 5.56 Å². The van der Waals surface area contributed by atoms with E-state index in [2.05, 4.69) is 10.3 Å². The third-order valence-corrected chi connectivity index (χ3v) is 4.45. The van der Waals surface area contributed by atoms with Crippen LogP contribution in [0.25, 0.3) is 0 Å². The van der Waals surface area contributed by atoms with E-state index in [0.717, 1.165) is 17.0 Å². The molecular formula is C19H24N4O4. The van der Waals surface area contributed by atoms with Gasteiger partial charge in [-0.3, -0.25) is 9.59 Å². The molecular weight excluding hydrogens is 348 g/mol. The zero-order valence-corrected chi connectivity index (χ0v) is 15.4. The number of piperazine rings is 1. The summed E-state index contributed by atoms with van der Waals surface area (Å²) in [6, 6.07) is 7.52. The Morgan fingerprint density at radius 3 is 2.70 bits per heavy atom. The first-order valence-electron chi connectivity index (χ1n) is 8.96. The zero-order valence-electron chi connectivity index (χ0n) is 15.4. The fourth-order valence-corrected chi connectivity index (χ4v) is 3.03. The van der Waals surface area contributed by atoms with Gasteiger partial charge < -0.3 is 24.6 Å². The molecule has 1 aliphatic rings. The average Bonchev–Trinajstić information content (AvgIpc) is 2.69.